The van der Waals surface area contributed by atoms with Crippen LogP contribution in [0.4, 0.5) is 0 Å². The Hall–Kier alpha value is -6.12. The number of hydrogen-bond donors (Lipinski definition) is 6. The lowest BCUT2D eigenvalue weighted by molar-refractivity contribution is -0.167. The number of nitrogens with one attached hydrogen (secondary N) is 2. The molecule has 0 aromatic rings. The molecule has 0 aliphatic rings. The molecule has 0 unspecified atom stereocenters. The van der Waals surface area contributed by atoms with Gasteiger partial charge in [0.2, 0.25) is 11.8 Å². The van der Waals surface area contributed by atoms with E-state index in [1.165, 1.54) is 4.90 Å². The molecule has 2 amide bonds. The first-order valence-corrected chi connectivity index (χ1v) is 36.5. The number of amides is 2. The number of unbranched alkanes of at least 4 members (excludes halogenated alkanes) is 4. The van der Waals surface area contributed by atoms with Crippen molar-refractivity contribution in [3.63, 3.8) is 0 Å². The number of alkyl halides is 1. The number of carboxylic acids is 1. The van der Waals surface area contributed by atoms with Gasteiger partial charge in [-0.15, -0.1) is 0 Å². The normalized spacial score (nSPS) is 13.4. The quantitative estimate of drug-likeness (QED) is 0.0157. The van der Waals surface area contributed by atoms with Crippen LogP contribution in [0.25, 0.3) is 0 Å². The summed E-state index contributed by atoms with van der Waals surface area (Å²) in [5.74, 6) is -8.13. The van der Waals surface area contributed by atoms with Crippen LogP contribution in [0, 0.1) is 0 Å². The van der Waals surface area contributed by atoms with Crippen molar-refractivity contribution in [2.75, 3.05) is 77.4 Å². The fraction of sp³-hybridized carbons (Fsp3) is 0.833. The van der Waals surface area contributed by atoms with Crippen molar-refractivity contribution in [1.29, 1.82) is 0 Å². The van der Waals surface area contributed by atoms with Crippen LogP contribution in [0.1, 0.15) is 243 Å². The van der Waals surface area contributed by atoms with E-state index in [0.717, 1.165) is 19.3 Å². The monoisotopic (exact) mass is 1540 g/mol. The summed E-state index contributed by atoms with van der Waals surface area (Å²) in [4.78, 5) is 158. The molecule has 0 heterocycles. The predicted octanol–water partition coefficient (Wildman–Crippen LogP) is 6.89. The van der Waals surface area contributed by atoms with E-state index in [0.29, 0.717) is 32.4 Å². The molecule has 0 saturated heterocycles. The maximum absolute atomic E-state index is 14.9. The molecule has 9 N–H and O–H groups in total. The van der Waals surface area contributed by atoms with E-state index < -0.39 is 149 Å². The van der Waals surface area contributed by atoms with Gasteiger partial charge < -0.3 is 75.6 Å². The number of carbonyl (C=O) groups is 12. The molecule has 0 rings (SSSR count). The average Bonchev–Trinajstić information content (AvgIpc) is 0.844. The van der Waals surface area contributed by atoms with Crippen LogP contribution in [-0.4, -0.2) is 238 Å². The Balaban J connectivity index is -0.00000294. The minimum atomic E-state index is -1.41. The topological polar surface area (TPSA) is 420 Å². The van der Waals surface area contributed by atoms with Gasteiger partial charge in [0.1, 0.15) is 62.2 Å². The van der Waals surface area contributed by atoms with Crippen LogP contribution in [0.2, 0.25) is 0 Å². The highest BCUT2D eigenvalue weighted by molar-refractivity contribution is 9.09. The molecule has 0 aliphatic heterocycles. The minimum Gasteiger partial charge on any atom is -0.480 e. The van der Waals surface area contributed by atoms with Crippen LogP contribution < -0.4 is 27.8 Å². The van der Waals surface area contributed by atoms with Crippen LogP contribution in [0.5, 0.6) is 0 Å². The van der Waals surface area contributed by atoms with E-state index in [1.54, 1.807) is 155 Å². The molecular formula is C72H133BrN8O22. The van der Waals surface area contributed by atoms with Gasteiger partial charge in [-0.25, -0.2) is 14.4 Å². The molecule has 103 heavy (non-hydrogen) atoms. The Morgan fingerprint density at radius 3 is 0.961 bits per heavy atom. The van der Waals surface area contributed by atoms with Gasteiger partial charge >= 0.3 is 59.7 Å². The number of carbonyl (C=O) groups excluding carboxylic acids is 11. The molecule has 0 aromatic heterocycles. The zero-order chi connectivity index (χ0) is 80.7. The van der Waals surface area contributed by atoms with Gasteiger partial charge in [0.15, 0.2) is 6.61 Å². The summed E-state index contributed by atoms with van der Waals surface area (Å²) < 4.78 is 49.0. The second-order valence-corrected chi connectivity index (χ2v) is 33.5. The first-order valence-electron chi connectivity index (χ1n) is 35.3. The summed E-state index contributed by atoms with van der Waals surface area (Å²) in [5, 5.41) is 14.5. The fourth-order valence-electron chi connectivity index (χ4n) is 9.00. The number of rotatable bonds is 40. The molecule has 0 aliphatic carbocycles. The van der Waals surface area contributed by atoms with Gasteiger partial charge in [0.05, 0.1) is 51.4 Å². The summed E-state index contributed by atoms with van der Waals surface area (Å²) in [5.41, 5.74) is 10.0. The highest BCUT2D eigenvalue weighted by Gasteiger charge is 2.36. The summed E-state index contributed by atoms with van der Waals surface area (Å²) in [7, 11) is 0. The molecule has 0 fully saturated rings. The maximum Gasteiger partial charge on any atom is 0.344 e. The third kappa shape index (κ3) is 61.9. The van der Waals surface area contributed by atoms with Gasteiger partial charge in [0.25, 0.3) is 0 Å². The lowest BCUT2D eigenvalue weighted by Gasteiger charge is -2.32. The molecule has 4 atom stereocenters. The second kappa shape index (κ2) is 48.2. The number of aliphatic carboxylic acids is 1. The molecule has 0 spiro atoms. The van der Waals surface area contributed by atoms with Crippen molar-refractivity contribution >= 4 is 87.4 Å². The largest absolute Gasteiger partial charge is 0.480 e. The van der Waals surface area contributed by atoms with Crippen LogP contribution in [0.3, 0.4) is 0 Å². The smallest absolute Gasteiger partial charge is 0.344 e. The van der Waals surface area contributed by atoms with E-state index in [1.807, 2.05) is 20.8 Å². The first kappa shape index (κ1) is 101. The summed E-state index contributed by atoms with van der Waals surface area (Å²) >= 11 is 2.99. The van der Waals surface area contributed by atoms with E-state index in [-0.39, 0.29) is 94.7 Å². The molecule has 0 aromatic carbocycles. The third-order valence-corrected chi connectivity index (χ3v) is 13.0. The number of esters is 9. The Morgan fingerprint density at radius 2 is 0.650 bits per heavy atom. The van der Waals surface area contributed by atoms with Gasteiger partial charge in [-0.05, 0) is 257 Å². The SMILES string of the molecule is CC(C)(C)OC(=O)CBr.CC(C)(C)OC(=O)COC(=O)[C@H](CCCCN(CC(=O)OC(C)(C)C)CC(=O)OC(C)(C)C)NC(=O)[C@H](CCCCN(CC(=O)OC(C)(C)C)CC(=O)OC(C)(C)C)N(CC(=O)OC(C)(C)C)CC(=O)OC(C)(C)C.NCCCC[C@H](NC(=O)[C@@H](N)CCCCN)C(=O)O. The molecule has 0 bridgehead atoms. The third-order valence-electron chi connectivity index (χ3n) is 12.5. The van der Waals surface area contributed by atoms with Gasteiger partial charge in [-0.1, -0.05) is 28.8 Å². The van der Waals surface area contributed by atoms with E-state index in [9.17, 15) is 57.5 Å². The number of nitrogens with zero attached hydrogens (tertiary/aromatic N) is 3. The molecule has 0 saturated carbocycles. The van der Waals surface area contributed by atoms with Gasteiger partial charge in [-0.3, -0.25) is 57.9 Å². The average molecular weight is 1540 g/mol. The molecule has 30 nitrogen and oxygen atoms in total. The maximum atomic E-state index is 14.9. The number of halogens is 1. The number of hydrogen-bond acceptors (Lipinski definition) is 27. The fourth-order valence-corrected chi connectivity index (χ4v) is 9.12. The molecule has 600 valence electrons. The molecular weight excluding hydrogens is 1410 g/mol. The summed E-state index contributed by atoms with van der Waals surface area (Å²) in [6.07, 6.45) is 4.74. The number of nitrogens with two attached hydrogens (primary N) is 3. The molecule has 0 radical (unpaired) electrons. The number of carboxylic acid groups (broad SMARTS) is 1. The van der Waals surface area contributed by atoms with E-state index in [2.05, 4.69) is 26.6 Å². The Labute approximate surface area is 622 Å². The van der Waals surface area contributed by atoms with Crippen LogP contribution >= 0.6 is 15.9 Å². The van der Waals surface area contributed by atoms with E-state index >= 15 is 0 Å². The molecule has 31 heteroatoms. The highest BCUT2D eigenvalue weighted by Crippen LogP contribution is 2.20. The van der Waals surface area contributed by atoms with Gasteiger partial charge in [0, 0.05) is 0 Å². The van der Waals surface area contributed by atoms with Crippen molar-refractivity contribution < 1.29 is 105 Å². The Bertz CT molecular complexity index is 2530. The van der Waals surface area contributed by atoms with E-state index in [4.69, 9.17) is 64.9 Å². The van der Waals surface area contributed by atoms with Crippen LogP contribution in [0.15, 0.2) is 0 Å². The van der Waals surface area contributed by atoms with Crippen LogP contribution in [-0.2, 0) is 100 Å². The van der Waals surface area contributed by atoms with Crippen molar-refractivity contribution in [2.24, 2.45) is 17.2 Å². The second-order valence-electron chi connectivity index (χ2n) is 32.9. The predicted molar refractivity (Wildman–Crippen MR) is 393 cm³/mol. The summed E-state index contributed by atoms with van der Waals surface area (Å²) in [6, 6.07) is -4.28. The van der Waals surface area contributed by atoms with Crippen molar-refractivity contribution in [3.05, 3.63) is 0 Å². The standard InChI is InChI=1S/C54H96N4O17.C12H26N4O3.C6H11BrO2/c1-48(2,3)69-39(59)30-56(31-40(60)70-49(4,5)6)28-24-22-26-37(47(67)68-36-45(65)75-54(19,20)21)55-46(66)38(58(34-43(63)73-52(13,14)15)35-44(64)74-53(16,17)18)27-23-25-29-57(32-41(61)71-50(7,8)9)33-42(62)72-51(10,11)12;13-7-3-1-5-9(15)11(17)16-10(12(18)19)6-2-4-8-14;1-6(2,3)9-5(8)4-7/h37-38H,22-36H2,1-21H3,(H,55,66);9-10H,1-8,13-15H2,(H,16,17)(H,18,19);4H2,1-3H3/t37-,38-;9-,10-;/m00./s1. The Morgan fingerprint density at radius 1 is 0.369 bits per heavy atom. The minimum absolute atomic E-state index is 0.0336. The lowest BCUT2D eigenvalue weighted by Crippen LogP contribution is -2.55. The van der Waals surface area contributed by atoms with Crippen molar-refractivity contribution in [2.45, 2.75) is 312 Å². The zero-order valence-electron chi connectivity index (χ0n) is 66.8. The van der Waals surface area contributed by atoms with Gasteiger partial charge in [-0.2, -0.15) is 0 Å². The number of ether oxygens (including phenoxy) is 9. The summed E-state index contributed by atoms with van der Waals surface area (Å²) in [6.45, 7) is 39.5. The first-order chi connectivity index (χ1) is 46.7. The van der Waals surface area contributed by atoms with Crippen molar-refractivity contribution in [1.82, 2.24) is 25.3 Å². The highest BCUT2D eigenvalue weighted by atomic mass is 79.9. The zero-order valence-corrected chi connectivity index (χ0v) is 68.3. The lowest BCUT2D eigenvalue weighted by atomic mass is 10.0. The van der Waals surface area contributed by atoms with Crippen molar-refractivity contribution in [3.8, 4) is 0 Å². The Kier molecular flexibility index (Phi) is 47.2.